The van der Waals surface area contributed by atoms with E-state index in [2.05, 4.69) is 15.0 Å². The molecule has 17 heavy (non-hydrogen) atoms. The van der Waals surface area contributed by atoms with Crippen molar-refractivity contribution in [2.45, 2.75) is 10.9 Å². The molecular weight excluding hydrogens is 254 g/mol. The minimum Gasteiger partial charge on any atom is -0.439 e. The molecule has 3 rings (SSSR count). The molecule has 0 saturated carbocycles. The number of oxazole rings is 1. The van der Waals surface area contributed by atoms with Crippen molar-refractivity contribution in [3.8, 4) is 10.6 Å². The maximum absolute atomic E-state index is 5.66. The van der Waals surface area contributed by atoms with E-state index in [1.54, 1.807) is 41.7 Å². The van der Waals surface area contributed by atoms with Gasteiger partial charge in [-0.3, -0.25) is 0 Å². The van der Waals surface area contributed by atoms with Crippen LogP contribution in [0.2, 0.25) is 0 Å². The lowest BCUT2D eigenvalue weighted by molar-refractivity contribution is 0.531. The van der Waals surface area contributed by atoms with Crippen LogP contribution >= 0.6 is 23.1 Å². The topological polar surface area (TPSA) is 54.7 Å². The molecular formula is C11H9N3OS2. The average Bonchev–Trinajstić information content (AvgIpc) is 3.09. The molecule has 0 amide bonds. The quantitative estimate of drug-likeness (QED) is 0.733. The van der Waals surface area contributed by atoms with Crippen molar-refractivity contribution in [2.75, 3.05) is 0 Å². The fraction of sp³-hybridized carbons (Fsp3) is 0.0909. The van der Waals surface area contributed by atoms with Crippen LogP contribution in [-0.2, 0) is 5.75 Å². The average molecular weight is 263 g/mol. The second-order valence-corrected chi connectivity index (χ2v) is 5.19. The molecule has 3 aromatic heterocycles. The fourth-order valence-electron chi connectivity index (χ4n) is 1.37. The smallest absolute Gasteiger partial charge is 0.205 e. The van der Waals surface area contributed by atoms with Gasteiger partial charge < -0.3 is 9.40 Å². The van der Waals surface area contributed by atoms with Crippen LogP contribution in [0.4, 0.5) is 0 Å². The molecule has 0 fully saturated rings. The van der Waals surface area contributed by atoms with Gasteiger partial charge in [-0.15, -0.1) is 11.3 Å². The molecule has 1 N–H and O–H groups in total. The summed E-state index contributed by atoms with van der Waals surface area (Å²) < 4.78 is 5.66. The summed E-state index contributed by atoms with van der Waals surface area (Å²) in [5.74, 6) is 2.23. The van der Waals surface area contributed by atoms with Crippen molar-refractivity contribution in [2.24, 2.45) is 0 Å². The van der Waals surface area contributed by atoms with Crippen molar-refractivity contribution in [3.63, 3.8) is 0 Å². The van der Waals surface area contributed by atoms with Crippen molar-refractivity contribution in [1.82, 2.24) is 15.0 Å². The Morgan fingerprint density at radius 1 is 1.41 bits per heavy atom. The lowest BCUT2D eigenvalue weighted by atomic mass is 10.4. The molecule has 6 heteroatoms. The molecule has 0 aromatic carbocycles. The Bertz CT molecular complexity index is 572. The predicted octanol–water partition coefficient (Wildman–Crippen LogP) is 3.42. The van der Waals surface area contributed by atoms with Gasteiger partial charge in [0.1, 0.15) is 0 Å². The highest BCUT2D eigenvalue weighted by atomic mass is 32.2. The van der Waals surface area contributed by atoms with E-state index < -0.39 is 0 Å². The molecule has 0 saturated heterocycles. The summed E-state index contributed by atoms with van der Waals surface area (Å²) in [7, 11) is 0. The standard InChI is InChI=1S/C11H9N3OS2/c1-2-9(16-5-1)8-6-14-10(15-8)7-17-11-12-3-4-13-11/h1-6H,7H2,(H,12,13). The van der Waals surface area contributed by atoms with Gasteiger partial charge >= 0.3 is 0 Å². The SMILES string of the molecule is c1csc(-c2cnc(CSc3ncc[nH]3)o2)c1. The third-order valence-electron chi connectivity index (χ3n) is 2.12. The largest absolute Gasteiger partial charge is 0.439 e. The first-order chi connectivity index (χ1) is 8.42. The molecule has 0 bridgehead atoms. The van der Waals surface area contributed by atoms with Crippen LogP contribution in [0.5, 0.6) is 0 Å². The lowest BCUT2D eigenvalue weighted by Crippen LogP contribution is -1.80. The monoisotopic (exact) mass is 263 g/mol. The van der Waals surface area contributed by atoms with Crippen molar-refractivity contribution >= 4 is 23.1 Å². The number of aromatic nitrogens is 3. The molecule has 4 nitrogen and oxygen atoms in total. The zero-order valence-corrected chi connectivity index (χ0v) is 10.4. The minimum absolute atomic E-state index is 0.679. The Morgan fingerprint density at radius 3 is 3.18 bits per heavy atom. The van der Waals surface area contributed by atoms with Crippen LogP contribution in [0.3, 0.4) is 0 Å². The molecule has 0 aliphatic rings. The second-order valence-electron chi connectivity index (χ2n) is 3.28. The maximum atomic E-state index is 5.66. The predicted molar refractivity (Wildman–Crippen MR) is 68.0 cm³/mol. The summed E-state index contributed by atoms with van der Waals surface area (Å²) in [5, 5.41) is 2.90. The first-order valence-electron chi connectivity index (χ1n) is 5.02. The van der Waals surface area contributed by atoms with Crippen molar-refractivity contribution in [1.29, 1.82) is 0 Å². The van der Waals surface area contributed by atoms with Crippen molar-refractivity contribution < 1.29 is 4.42 Å². The number of nitrogens with zero attached hydrogens (tertiary/aromatic N) is 2. The highest BCUT2D eigenvalue weighted by Crippen LogP contribution is 2.27. The van der Waals surface area contributed by atoms with Gasteiger partial charge in [0.15, 0.2) is 10.9 Å². The molecule has 0 unspecified atom stereocenters. The summed E-state index contributed by atoms with van der Waals surface area (Å²) in [4.78, 5) is 12.5. The Hall–Kier alpha value is -1.53. The first-order valence-corrected chi connectivity index (χ1v) is 6.89. The van der Waals surface area contributed by atoms with E-state index in [-0.39, 0.29) is 0 Å². The second kappa shape index (κ2) is 4.77. The lowest BCUT2D eigenvalue weighted by Gasteiger charge is -1.93. The molecule has 86 valence electrons. The molecule has 3 heterocycles. The van der Waals surface area contributed by atoms with E-state index in [0.717, 1.165) is 21.7 Å². The number of imidazole rings is 1. The van der Waals surface area contributed by atoms with Gasteiger partial charge in [-0.1, -0.05) is 17.8 Å². The van der Waals surface area contributed by atoms with Gasteiger partial charge in [-0.2, -0.15) is 0 Å². The van der Waals surface area contributed by atoms with Crippen LogP contribution in [0.1, 0.15) is 5.89 Å². The number of nitrogens with one attached hydrogen (secondary N) is 1. The molecule has 3 aromatic rings. The summed E-state index contributed by atoms with van der Waals surface area (Å²) >= 11 is 3.22. The number of aromatic amines is 1. The van der Waals surface area contributed by atoms with Crippen LogP contribution in [-0.4, -0.2) is 15.0 Å². The number of H-pyrrole nitrogens is 1. The zero-order valence-electron chi connectivity index (χ0n) is 8.79. The third-order valence-corrected chi connectivity index (χ3v) is 3.90. The number of hydrogen-bond donors (Lipinski definition) is 1. The van der Waals surface area contributed by atoms with Gasteiger partial charge in [-0.25, -0.2) is 9.97 Å². The third kappa shape index (κ3) is 2.42. The Balaban J connectivity index is 1.69. The van der Waals surface area contributed by atoms with Gasteiger partial charge in [0.25, 0.3) is 0 Å². The van der Waals surface area contributed by atoms with E-state index in [0.29, 0.717) is 5.75 Å². The summed E-state index contributed by atoms with van der Waals surface area (Å²) in [6.07, 6.45) is 5.30. The first kappa shape index (κ1) is 10.6. The molecule has 0 atom stereocenters. The molecule has 0 radical (unpaired) electrons. The number of hydrogen-bond acceptors (Lipinski definition) is 5. The highest BCUT2D eigenvalue weighted by Gasteiger charge is 2.07. The number of thioether (sulfide) groups is 1. The Labute approximate surface area is 106 Å². The van der Waals surface area contributed by atoms with Gasteiger partial charge in [0.2, 0.25) is 5.89 Å². The van der Waals surface area contributed by atoms with Crippen LogP contribution in [0, 0.1) is 0 Å². The fourth-order valence-corrected chi connectivity index (χ4v) is 2.72. The van der Waals surface area contributed by atoms with E-state index >= 15 is 0 Å². The minimum atomic E-state index is 0.679. The molecule has 0 spiro atoms. The van der Waals surface area contributed by atoms with Crippen LogP contribution in [0.15, 0.2) is 45.7 Å². The number of thiophene rings is 1. The highest BCUT2D eigenvalue weighted by molar-refractivity contribution is 7.98. The van der Waals surface area contributed by atoms with Gasteiger partial charge in [0, 0.05) is 12.4 Å². The maximum Gasteiger partial charge on any atom is 0.205 e. The van der Waals surface area contributed by atoms with Gasteiger partial charge in [-0.05, 0) is 11.4 Å². The van der Waals surface area contributed by atoms with Crippen LogP contribution in [0.25, 0.3) is 10.6 Å². The normalized spacial score (nSPS) is 10.8. The zero-order chi connectivity index (χ0) is 11.5. The van der Waals surface area contributed by atoms with E-state index in [1.807, 2.05) is 17.5 Å². The van der Waals surface area contributed by atoms with Crippen LogP contribution < -0.4 is 0 Å². The number of rotatable bonds is 4. The van der Waals surface area contributed by atoms with Crippen molar-refractivity contribution in [3.05, 3.63) is 42.0 Å². The van der Waals surface area contributed by atoms with E-state index in [9.17, 15) is 0 Å². The van der Waals surface area contributed by atoms with E-state index in [1.165, 1.54) is 0 Å². The summed E-state index contributed by atoms with van der Waals surface area (Å²) in [6.45, 7) is 0. The Morgan fingerprint density at radius 2 is 2.41 bits per heavy atom. The molecule has 0 aliphatic carbocycles. The Kier molecular flexibility index (Phi) is 2.98. The summed E-state index contributed by atoms with van der Waals surface area (Å²) in [5.41, 5.74) is 0. The summed E-state index contributed by atoms with van der Waals surface area (Å²) in [6, 6.07) is 4.02. The molecule has 0 aliphatic heterocycles. The van der Waals surface area contributed by atoms with E-state index in [4.69, 9.17) is 4.42 Å². The van der Waals surface area contributed by atoms with Gasteiger partial charge in [0.05, 0.1) is 16.8 Å².